The Morgan fingerprint density at radius 2 is 1.35 bits per heavy atom. The first kappa shape index (κ1) is 35.3. The number of benzene rings is 4. The summed E-state index contributed by atoms with van der Waals surface area (Å²) in [6.07, 6.45) is 7.21. The van der Waals surface area contributed by atoms with E-state index in [4.69, 9.17) is 4.42 Å². The Hall–Kier alpha value is -5.48. The number of hydrogen-bond acceptors (Lipinski definition) is 4. The molecule has 1 radical (unpaired) electrons. The number of pyridine rings is 3. The third-order valence-corrected chi connectivity index (χ3v) is 8.65. The molecule has 0 aliphatic carbocycles. The van der Waals surface area contributed by atoms with Crippen LogP contribution in [-0.4, -0.2) is 15.0 Å². The van der Waals surface area contributed by atoms with Crippen molar-refractivity contribution >= 4 is 11.0 Å². The fraction of sp³-hybridized carbons (Fsp3) is 0.109. The Labute approximate surface area is 313 Å². The Morgan fingerprint density at radius 1 is 0.588 bits per heavy atom. The van der Waals surface area contributed by atoms with Crippen molar-refractivity contribution in [1.29, 1.82) is 0 Å². The first-order valence-electron chi connectivity index (χ1n) is 16.7. The summed E-state index contributed by atoms with van der Waals surface area (Å²) in [6, 6.07) is 50.1. The van der Waals surface area contributed by atoms with Crippen molar-refractivity contribution in [2.45, 2.75) is 33.1 Å². The molecular weight excluding hydrogens is 803 g/mol. The third kappa shape index (κ3) is 8.29. The summed E-state index contributed by atoms with van der Waals surface area (Å²) < 4.78 is 6.17. The first-order chi connectivity index (χ1) is 24.3. The molecule has 253 valence electrons. The Balaban J connectivity index is 0.000000291. The normalized spacial score (nSPS) is 11.0. The van der Waals surface area contributed by atoms with Gasteiger partial charge in [0.15, 0.2) is 0 Å². The summed E-state index contributed by atoms with van der Waals surface area (Å²) in [5, 5.41) is 1.06. The maximum Gasteiger partial charge on any atom is 0.135 e. The second kappa shape index (κ2) is 15.6. The van der Waals surface area contributed by atoms with Gasteiger partial charge in [-0.05, 0) is 77.3 Å². The fourth-order valence-electron chi connectivity index (χ4n) is 5.89. The summed E-state index contributed by atoms with van der Waals surface area (Å²) >= 11 is 0. The Morgan fingerprint density at radius 3 is 2.06 bits per heavy atom. The van der Waals surface area contributed by atoms with Crippen LogP contribution in [0.25, 0.3) is 67.1 Å². The molecule has 51 heavy (non-hydrogen) atoms. The van der Waals surface area contributed by atoms with Gasteiger partial charge in [-0.1, -0.05) is 91.6 Å². The predicted molar refractivity (Wildman–Crippen MR) is 204 cm³/mol. The van der Waals surface area contributed by atoms with Crippen LogP contribution in [0.4, 0.5) is 0 Å². The molecule has 4 nitrogen and oxygen atoms in total. The molecule has 0 N–H and O–H groups in total. The molecule has 5 heteroatoms. The van der Waals surface area contributed by atoms with E-state index in [9.17, 15) is 0 Å². The van der Waals surface area contributed by atoms with E-state index in [-0.39, 0.29) is 25.5 Å². The number of rotatable bonds is 5. The second-order valence-corrected chi connectivity index (χ2v) is 13.3. The number of aryl methyl sites for hydroxylation is 1. The summed E-state index contributed by atoms with van der Waals surface area (Å²) in [7, 11) is 0. The van der Waals surface area contributed by atoms with Gasteiger partial charge in [0.25, 0.3) is 0 Å². The van der Waals surface area contributed by atoms with E-state index in [0.717, 1.165) is 67.1 Å². The van der Waals surface area contributed by atoms with Crippen molar-refractivity contribution in [3.63, 3.8) is 0 Å². The van der Waals surface area contributed by atoms with E-state index in [2.05, 4.69) is 122 Å². The number of nitrogens with zero attached hydrogens (tertiary/aromatic N) is 3. The molecule has 4 aromatic heterocycles. The van der Waals surface area contributed by atoms with Gasteiger partial charge in [0, 0.05) is 55.8 Å². The summed E-state index contributed by atoms with van der Waals surface area (Å²) in [5.41, 5.74) is 12.9. The molecule has 4 heterocycles. The number of aromatic nitrogens is 3. The molecule has 0 saturated carbocycles. The maximum atomic E-state index is 6.17. The van der Waals surface area contributed by atoms with Crippen molar-refractivity contribution in [2.24, 2.45) is 0 Å². The van der Waals surface area contributed by atoms with Crippen LogP contribution in [0.1, 0.15) is 31.9 Å². The fourth-order valence-corrected chi connectivity index (χ4v) is 5.89. The van der Waals surface area contributed by atoms with E-state index < -0.39 is 0 Å². The molecule has 0 fully saturated rings. The van der Waals surface area contributed by atoms with Crippen LogP contribution in [0.5, 0.6) is 0 Å². The van der Waals surface area contributed by atoms with Crippen LogP contribution < -0.4 is 0 Å². The molecule has 0 aliphatic heterocycles. The molecule has 0 spiro atoms. The maximum absolute atomic E-state index is 6.17. The van der Waals surface area contributed by atoms with Crippen molar-refractivity contribution in [3.8, 4) is 56.1 Å². The van der Waals surface area contributed by atoms with Gasteiger partial charge >= 0.3 is 0 Å². The minimum Gasteiger partial charge on any atom is -0.456 e. The van der Waals surface area contributed by atoms with Crippen molar-refractivity contribution in [2.75, 3.05) is 0 Å². The SMILES string of the molecule is Cc1ccnc(-c2[c-]cc(-c3ccc(C(C)(C)C)cc3)c(-c3ccc4oc(-c5ccncc5)cc4c3)c2)c1.[Ir].[c-]1ccccc1-c1ccccn1. The summed E-state index contributed by atoms with van der Waals surface area (Å²) in [5.74, 6) is 0.837. The summed E-state index contributed by atoms with van der Waals surface area (Å²) in [6.45, 7) is 8.81. The van der Waals surface area contributed by atoms with Crippen molar-refractivity contribution < 1.29 is 24.5 Å². The average Bonchev–Trinajstić information content (AvgIpc) is 3.60. The van der Waals surface area contributed by atoms with Gasteiger partial charge in [-0.15, -0.1) is 59.7 Å². The Bertz CT molecular complexity index is 2310. The zero-order valence-electron chi connectivity index (χ0n) is 29.0. The van der Waals surface area contributed by atoms with Crippen LogP contribution >= 0.6 is 0 Å². The number of furan rings is 1. The van der Waals surface area contributed by atoms with Crippen LogP contribution in [0, 0.1) is 19.1 Å². The van der Waals surface area contributed by atoms with Crippen molar-refractivity contribution in [3.05, 3.63) is 175 Å². The number of hydrogen-bond donors (Lipinski definition) is 0. The topological polar surface area (TPSA) is 51.8 Å². The molecule has 0 saturated heterocycles. The van der Waals surface area contributed by atoms with Gasteiger partial charge in [-0.2, -0.15) is 0 Å². The molecule has 0 atom stereocenters. The van der Waals surface area contributed by atoms with E-state index in [1.54, 1.807) is 18.6 Å². The first-order valence-corrected chi connectivity index (χ1v) is 16.7. The van der Waals surface area contributed by atoms with Gasteiger partial charge in [-0.3, -0.25) is 4.98 Å². The zero-order valence-corrected chi connectivity index (χ0v) is 31.4. The van der Waals surface area contributed by atoms with Crippen LogP contribution in [-0.2, 0) is 25.5 Å². The molecule has 0 aliphatic rings. The van der Waals surface area contributed by atoms with Crippen LogP contribution in [0.15, 0.2) is 157 Å². The van der Waals surface area contributed by atoms with Crippen LogP contribution in [0.3, 0.4) is 0 Å². The molecule has 0 amide bonds. The molecule has 8 rings (SSSR count). The van der Waals surface area contributed by atoms with Crippen molar-refractivity contribution in [1.82, 2.24) is 15.0 Å². The Kier molecular flexibility index (Phi) is 10.8. The van der Waals surface area contributed by atoms with Gasteiger partial charge in [0.1, 0.15) is 11.3 Å². The molecule has 4 aromatic carbocycles. The van der Waals surface area contributed by atoms with Gasteiger partial charge in [0.05, 0.1) is 0 Å². The molecule has 0 bridgehead atoms. The summed E-state index contributed by atoms with van der Waals surface area (Å²) in [4.78, 5) is 13.0. The zero-order chi connectivity index (χ0) is 34.5. The van der Waals surface area contributed by atoms with Gasteiger partial charge in [-0.25, -0.2) is 0 Å². The monoisotopic (exact) mass is 840 g/mol. The largest absolute Gasteiger partial charge is 0.456 e. The van der Waals surface area contributed by atoms with Crippen LogP contribution in [0.2, 0.25) is 0 Å². The predicted octanol–water partition coefficient (Wildman–Crippen LogP) is 11.8. The second-order valence-electron chi connectivity index (χ2n) is 13.3. The average molecular weight is 840 g/mol. The van der Waals surface area contributed by atoms with E-state index >= 15 is 0 Å². The van der Waals surface area contributed by atoms with E-state index in [1.807, 2.05) is 66.9 Å². The smallest absolute Gasteiger partial charge is 0.135 e. The minimum atomic E-state index is 0. The van der Waals surface area contributed by atoms with E-state index in [0.29, 0.717) is 0 Å². The molecular formula is C46H37IrN3O-2. The van der Waals surface area contributed by atoms with Gasteiger partial charge in [0.2, 0.25) is 0 Å². The van der Waals surface area contributed by atoms with E-state index in [1.165, 1.54) is 11.1 Å². The standard InChI is InChI=1S/C35H29N2O.C11H8N.Ir/c1-23-13-18-37-32(19-23)27-7-11-30(24-5-9-29(10-6-24)35(2,3)4)31(21-27)26-8-12-33-28(20-26)22-34(38-33)25-14-16-36-17-15-25;1-2-6-10(7-3-1)11-8-4-5-9-12-11;/h5-6,8-22H,1-4H3;1-6,8-9H;/q2*-1;. The minimum absolute atomic E-state index is 0. The molecule has 0 unspecified atom stereocenters. The van der Waals surface area contributed by atoms with Gasteiger partial charge < -0.3 is 14.4 Å². The third-order valence-electron chi connectivity index (χ3n) is 8.65. The quantitative estimate of drug-likeness (QED) is 0.162. The molecule has 8 aromatic rings. The number of fused-ring (bicyclic) bond motifs is 1.